The minimum absolute atomic E-state index is 0.178. The van der Waals surface area contributed by atoms with Crippen molar-refractivity contribution < 1.29 is 9.13 Å². The van der Waals surface area contributed by atoms with E-state index in [-0.39, 0.29) is 12.4 Å². The van der Waals surface area contributed by atoms with Crippen molar-refractivity contribution in [1.82, 2.24) is 0 Å². The van der Waals surface area contributed by atoms with Crippen molar-refractivity contribution in [2.75, 3.05) is 6.61 Å². The largest absolute Gasteiger partial charge is 0.493 e. The van der Waals surface area contributed by atoms with Crippen molar-refractivity contribution in [2.24, 2.45) is 5.73 Å². The van der Waals surface area contributed by atoms with Gasteiger partial charge in [-0.2, -0.15) is 0 Å². The molecule has 1 aromatic carbocycles. The van der Waals surface area contributed by atoms with Crippen molar-refractivity contribution >= 4 is 0 Å². The fourth-order valence-corrected chi connectivity index (χ4v) is 1.76. The van der Waals surface area contributed by atoms with Gasteiger partial charge < -0.3 is 10.5 Å². The van der Waals surface area contributed by atoms with E-state index < -0.39 is 0 Å². The number of unbranched alkanes of at least 4 members (excludes halogenated alkanes) is 4. The van der Waals surface area contributed by atoms with Crippen LogP contribution in [0.15, 0.2) is 18.2 Å². The topological polar surface area (TPSA) is 35.2 Å². The Morgan fingerprint density at radius 1 is 1.18 bits per heavy atom. The predicted molar refractivity (Wildman–Crippen MR) is 68.5 cm³/mol. The highest BCUT2D eigenvalue weighted by Crippen LogP contribution is 2.21. The molecule has 0 unspecified atom stereocenters. The molecule has 3 heteroatoms. The molecule has 0 radical (unpaired) electrons. The van der Waals surface area contributed by atoms with Crippen molar-refractivity contribution in [3.63, 3.8) is 0 Å². The van der Waals surface area contributed by atoms with E-state index in [9.17, 15) is 4.39 Å². The van der Waals surface area contributed by atoms with Crippen LogP contribution in [0.2, 0.25) is 0 Å². The molecule has 0 bridgehead atoms. The predicted octanol–water partition coefficient (Wildman–Crippen LogP) is 3.63. The number of hydrogen-bond donors (Lipinski definition) is 1. The lowest BCUT2D eigenvalue weighted by Gasteiger charge is -2.10. The summed E-state index contributed by atoms with van der Waals surface area (Å²) in [5.41, 5.74) is 5.97. The van der Waals surface area contributed by atoms with Gasteiger partial charge in [0.15, 0.2) is 0 Å². The van der Waals surface area contributed by atoms with E-state index in [0.717, 1.165) is 6.42 Å². The van der Waals surface area contributed by atoms with Crippen LogP contribution in [0.1, 0.15) is 44.6 Å². The monoisotopic (exact) mass is 239 g/mol. The minimum Gasteiger partial charge on any atom is -0.493 e. The highest BCUT2D eigenvalue weighted by Gasteiger charge is 2.07. The van der Waals surface area contributed by atoms with Gasteiger partial charge in [-0.05, 0) is 18.6 Å². The third-order valence-corrected chi connectivity index (χ3v) is 2.79. The molecular formula is C14H22FNO. The number of hydrogen-bond acceptors (Lipinski definition) is 2. The summed E-state index contributed by atoms with van der Waals surface area (Å²) >= 11 is 0. The molecule has 2 nitrogen and oxygen atoms in total. The number of rotatable bonds is 8. The highest BCUT2D eigenvalue weighted by atomic mass is 19.1. The second-order valence-electron chi connectivity index (χ2n) is 4.18. The maximum Gasteiger partial charge on any atom is 0.131 e. The van der Waals surface area contributed by atoms with E-state index in [1.165, 1.54) is 31.7 Å². The van der Waals surface area contributed by atoms with Gasteiger partial charge in [-0.25, -0.2) is 4.39 Å². The van der Waals surface area contributed by atoms with Gasteiger partial charge in [-0.3, -0.25) is 0 Å². The number of halogens is 1. The molecule has 0 aliphatic rings. The summed E-state index contributed by atoms with van der Waals surface area (Å²) in [7, 11) is 0. The zero-order valence-corrected chi connectivity index (χ0v) is 10.5. The van der Waals surface area contributed by atoms with Crippen LogP contribution in [0.3, 0.4) is 0 Å². The Labute approximate surface area is 103 Å². The first-order chi connectivity index (χ1) is 8.29. The highest BCUT2D eigenvalue weighted by molar-refractivity contribution is 5.34. The molecule has 0 amide bonds. The molecule has 2 N–H and O–H groups in total. The molecule has 0 saturated heterocycles. The van der Waals surface area contributed by atoms with Crippen LogP contribution >= 0.6 is 0 Å². The Bertz CT molecular complexity index is 328. The van der Waals surface area contributed by atoms with Gasteiger partial charge in [-0.15, -0.1) is 0 Å². The average molecular weight is 239 g/mol. The quantitative estimate of drug-likeness (QED) is 0.703. The maximum absolute atomic E-state index is 13.4. The second kappa shape index (κ2) is 8.07. The molecule has 0 aliphatic carbocycles. The number of ether oxygens (including phenoxy) is 1. The van der Waals surface area contributed by atoms with E-state index in [1.54, 1.807) is 12.1 Å². The first kappa shape index (κ1) is 14.0. The minimum atomic E-state index is -0.281. The van der Waals surface area contributed by atoms with Gasteiger partial charge in [0.2, 0.25) is 0 Å². The summed E-state index contributed by atoms with van der Waals surface area (Å²) < 4.78 is 18.9. The Kier molecular flexibility index (Phi) is 6.63. The first-order valence-corrected chi connectivity index (χ1v) is 6.39. The van der Waals surface area contributed by atoms with E-state index in [1.807, 2.05) is 0 Å². The Morgan fingerprint density at radius 2 is 1.94 bits per heavy atom. The van der Waals surface area contributed by atoms with Gasteiger partial charge in [0.25, 0.3) is 0 Å². The normalized spacial score (nSPS) is 10.5. The van der Waals surface area contributed by atoms with Crippen LogP contribution in [0.25, 0.3) is 0 Å². The summed E-state index contributed by atoms with van der Waals surface area (Å²) in [5.74, 6) is 0.305. The summed E-state index contributed by atoms with van der Waals surface area (Å²) in [5, 5.41) is 0. The van der Waals surface area contributed by atoms with Crippen molar-refractivity contribution in [1.29, 1.82) is 0 Å². The average Bonchev–Trinajstić information content (AvgIpc) is 2.34. The summed E-state index contributed by atoms with van der Waals surface area (Å²) in [4.78, 5) is 0. The standard InChI is InChI=1S/C14H22FNO/c1-2-3-4-5-6-10-17-14-9-7-8-13(15)12(14)11-16/h7-9H,2-6,10-11,16H2,1H3. The van der Waals surface area contributed by atoms with Crippen molar-refractivity contribution in [3.8, 4) is 5.75 Å². The molecule has 1 rings (SSSR count). The van der Waals surface area contributed by atoms with Gasteiger partial charge in [0.1, 0.15) is 11.6 Å². The molecule has 0 heterocycles. The van der Waals surface area contributed by atoms with Crippen molar-refractivity contribution in [2.45, 2.75) is 45.6 Å². The van der Waals surface area contributed by atoms with E-state index in [2.05, 4.69) is 6.92 Å². The van der Waals surface area contributed by atoms with E-state index >= 15 is 0 Å². The van der Waals surface area contributed by atoms with Gasteiger partial charge in [0.05, 0.1) is 6.61 Å². The molecule has 0 saturated carbocycles. The first-order valence-electron chi connectivity index (χ1n) is 6.39. The Balaban J connectivity index is 2.33. The van der Waals surface area contributed by atoms with E-state index in [4.69, 9.17) is 10.5 Å². The van der Waals surface area contributed by atoms with Crippen LogP contribution < -0.4 is 10.5 Å². The van der Waals surface area contributed by atoms with E-state index in [0.29, 0.717) is 17.9 Å². The molecule has 0 aromatic heterocycles. The fourth-order valence-electron chi connectivity index (χ4n) is 1.76. The number of nitrogens with two attached hydrogens (primary N) is 1. The Hall–Kier alpha value is -1.09. The van der Waals surface area contributed by atoms with Crippen LogP contribution in [0.4, 0.5) is 4.39 Å². The summed E-state index contributed by atoms with van der Waals surface area (Å²) in [6, 6.07) is 4.84. The van der Waals surface area contributed by atoms with Gasteiger partial charge >= 0.3 is 0 Å². The lowest BCUT2D eigenvalue weighted by molar-refractivity contribution is 0.299. The molecular weight excluding hydrogens is 217 g/mol. The molecule has 0 aliphatic heterocycles. The second-order valence-corrected chi connectivity index (χ2v) is 4.18. The molecule has 0 spiro atoms. The third kappa shape index (κ3) is 4.73. The lowest BCUT2D eigenvalue weighted by Crippen LogP contribution is -2.06. The Morgan fingerprint density at radius 3 is 2.65 bits per heavy atom. The van der Waals surface area contributed by atoms with Crippen LogP contribution in [-0.2, 0) is 6.54 Å². The molecule has 17 heavy (non-hydrogen) atoms. The summed E-state index contributed by atoms with van der Waals surface area (Å²) in [6.45, 7) is 3.01. The lowest BCUT2D eigenvalue weighted by atomic mass is 10.1. The molecule has 96 valence electrons. The van der Waals surface area contributed by atoms with Gasteiger partial charge in [-0.1, -0.05) is 38.7 Å². The third-order valence-electron chi connectivity index (χ3n) is 2.79. The van der Waals surface area contributed by atoms with Gasteiger partial charge in [0, 0.05) is 12.1 Å². The number of benzene rings is 1. The smallest absolute Gasteiger partial charge is 0.131 e. The SMILES string of the molecule is CCCCCCCOc1cccc(F)c1CN. The van der Waals surface area contributed by atoms with Crippen LogP contribution in [0, 0.1) is 5.82 Å². The molecule has 1 aromatic rings. The van der Waals surface area contributed by atoms with Crippen LogP contribution in [-0.4, -0.2) is 6.61 Å². The zero-order valence-electron chi connectivity index (χ0n) is 10.5. The molecule has 0 atom stereocenters. The zero-order chi connectivity index (χ0) is 12.5. The van der Waals surface area contributed by atoms with Crippen molar-refractivity contribution in [3.05, 3.63) is 29.6 Å². The maximum atomic E-state index is 13.4. The van der Waals surface area contributed by atoms with Crippen LogP contribution in [0.5, 0.6) is 5.75 Å². The molecule has 0 fully saturated rings. The summed E-state index contributed by atoms with van der Waals surface area (Å²) in [6.07, 6.45) is 5.94. The fraction of sp³-hybridized carbons (Fsp3) is 0.571.